The number of unbranched alkanes of at least 4 members (excludes halogenated alkanes) is 1. The number of alkyl halides is 2. The first-order valence-corrected chi connectivity index (χ1v) is 7.19. The molecule has 0 bridgehead atoms. The summed E-state index contributed by atoms with van der Waals surface area (Å²) in [7, 11) is 1.68. The Bertz CT molecular complexity index is 521. The van der Waals surface area contributed by atoms with Gasteiger partial charge in [0, 0.05) is 31.4 Å². The quantitative estimate of drug-likeness (QED) is 0.846. The van der Waals surface area contributed by atoms with Gasteiger partial charge in [0.05, 0.1) is 12.3 Å². The molecule has 21 heavy (non-hydrogen) atoms. The second kappa shape index (κ2) is 5.99. The number of carbonyl (C=O) groups is 1. The van der Waals surface area contributed by atoms with Crippen LogP contribution in [0.25, 0.3) is 0 Å². The van der Waals surface area contributed by atoms with Gasteiger partial charge in [0.1, 0.15) is 5.82 Å². The van der Waals surface area contributed by atoms with Crippen LogP contribution in [0.2, 0.25) is 0 Å². The van der Waals surface area contributed by atoms with E-state index in [9.17, 15) is 13.6 Å². The number of rotatable bonds is 5. The van der Waals surface area contributed by atoms with Crippen molar-refractivity contribution in [3.63, 3.8) is 0 Å². The van der Waals surface area contributed by atoms with Crippen LogP contribution in [-0.2, 0) is 11.8 Å². The van der Waals surface area contributed by atoms with Crippen molar-refractivity contribution in [2.45, 2.75) is 51.4 Å². The normalized spacial score (nSPS) is 17.4. The third-order valence-corrected chi connectivity index (χ3v) is 3.75. The Morgan fingerprint density at radius 1 is 1.52 bits per heavy atom. The molecule has 1 amide bonds. The molecule has 2 rings (SSSR count). The van der Waals surface area contributed by atoms with Crippen LogP contribution >= 0.6 is 0 Å². The van der Waals surface area contributed by atoms with Crippen LogP contribution in [0.5, 0.6) is 0 Å². The van der Waals surface area contributed by atoms with Crippen molar-refractivity contribution >= 4 is 11.9 Å². The van der Waals surface area contributed by atoms with E-state index in [0.29, 0.717) is 18.1 Å². The number of anilines is 1. The summed E-state index contributed by atoms with van der Waals surface area (Å²) in [6.45, 7) is 4.15. The van der Waals surface area contributed by atoms with Gasteiger partial charge in [0.25, 0.3) is 0 Å². The molecule has 1 aromatic heterocycles. The molecule has 0 atom stereocenters. The van der Waals surface area contributed by atoms with E-state index in [4.69, 9.17) is 4.74 Å². The summed E-state index contributed by atoms with van der Waals surface area (Å²) in [5.74, 6) is -2.32. The number of ether oxygens (including phenoxy) is 1. The molecule has 1 aliphatic rings. The number of amides is 1. The fourth-order valence-corrected chi connectivity index (χ4v) is 2.51. The van der Waals surface area contributed by atoms with Gasteiger partial charge in [-0.1, -0.05) is 13.3 Å². The number of halogens is 2. The molecule has 0 aliphatic heterocycles. The maximum atomic E-state index is 13.0. The molecule has 0 saturated heterocycles. The summed E-state index contributed by atoms with van der Waals surface area (Å²) in [5, 5.41) is 6.89. The molecule has 1 fully saturated rings. The van der Waals surface area contributed by atoms with Crippen molar-refractivity contribution in [3.8, 4) is 0 Å². The molecule has 1 N–H and O–H groups in total. The van der Waals surface area contributed by atoms with Crippen LogP contribution in [0.1, 0.15) is 49.8 Å². The molecule has 7 heteroatoms. The van der Waals surface area contributed by atoms with Crippen molar-refractivity contribution in [2.75, 3.05) is 11.9 Å². The van der Waals surface area contributed by atoms with Gasteiger partial charge in [-0.25, -0.2) is 13.6 Å². The first-order valence-electron chi connectivity index (χ1n) is 7.19. The van der Waals surface area contributed by atoms with Crippen molar-refractivity contribution in [2.24, 2.45) is 7.05 Å². The lowest BCUT2D eigenvalue weighted by Gasteiger charge is -2.34. The summed E-state index contributed by atoms with van der Waals surface area (Å²) >= 11 is 0. The van der Waals surface area contributed by atoms with Crippen LogP contribution in [0, 0.1) is 6.92 Å². The largest absolute Gasteiger partial charge is 0.449 e. The second-order valence-electron chi connectivity index (χ2n) is 5.56. The van der Waals surface area contributed by atoms with Crippen molar-refractivity contribution in [3.05, 3.63) is 11.3 Å². The topological polar surface area (TPSA) is 56.1 Å². The minimum absolute atomic E-state index is 0.175. The maximum absolute atomic E-state index is 13.0. The van der Waals surface area contributed by atoms with Gasteiger partial charge in [0.2, 0.25) is 5.92 Å². The highest BCUT2D eigenvalue weighted by molar-refractivity contribution is 5.84. The number of hydrogen-bond acceptors (Lipinski definition) is 3. The molecular formula is C14H21F2N3O2. The highest BCUT2D eigenvalue weighted by atomic mass is 19.3. The standard InChI is InChI=1S/C14H21F2N3O2/c1-4-5-6-21-13(20)17-12-9(2)11(18-19(12)3)10-7-14(15,16)8-10/h10H,4-8H2,1-3H3,(H,17,20). The molecule has 5 nitrogen and oxygen atoms in total. The van der Waals surface area contributed by atoms with Gasteiger partial charge in [-0.2, -0.15) is 5.10 Å². The number of nitrogens with zero attached hydrogens (tertiary/aromatic N) is 2. The fraction of sp³-hybridized carbons (Fsp3) is 0.714. The Balaban J connectivity index is 2.01. The van der Waals surface area contributed by atoms with E-state index in [1.807, 2.05) is 6.92 Å². The van der Waals surface area contributed by atoms with E-state index in [1.165, 1.54) is 4.68 Å². The van der Waals surface area contributed by atoms with Crippen molar-refractivity contribution in [1.82, 2.24) is 9.78 Å². The van der Waals surface area contributed by atoms with Gasteiger partial charge in [-0.15, -0.1) is 0 Å². The Hall–Kier alpha value is -1.66. The molecule has 118 valence electrons. The molecule has 1 aliphatic carbocycles. The maximum Gasteiger partial charge on any atom is 0.412 e. The zero-order chi connectivity index (χ0) is 15.6. The second-order valence-corrected chi connectivity index (χ2v) is 5.56. The van der Waals surface area contributed by atoms with E-state index in [1.54, 1.807) is 14.0 Å². The molecule has 1 aromatic rings. The lowest BCUT2D eigenvalue weighted by atomic mass is 9.78. The van der Waals surface area contributed by atoms with E-state index < -0.39 is 12.0 Å². The van der Waals surface area contributed by atoms with E-state index in [2.05, 4.69) is 10.4 Å². The highest BCUT2D eigenvalue weighted by Crippen LogP contribution is 2.49. The number of nitrogens with one attached hydrogen (secondary N) is 1. The number of aromatic nitrogens is 2. The van der Waals surface area contributed by atoms with Crippen molar-refractivity contribution < 1.29 is 18.3 Å². The molecule has 0 radical (unpaired) electrons. The summed E-state index contributed by atoms with van der Waals surface area (Å²) in [4.78, 5) is 11.7. The van der Waals surface area contributed by atoms with E-state index in [0.717, 1.165) is 18.4 Å². The lowest BCUT2D eigenvalue weighted by molar-refractivity contribution is -0.0877. The van der Waals surface area contributed by atoms with Crippen LogP contribution in [0.4, 0.5) is 19.4 Å². The molecule has 1 saturated carbocycles. The zero-order valence-corrected chi connectivity index (χ0v) is 12.6. The van der Waals surface area contributed by atoms with Crippen LogP contribution in [-0.4, -0.2) is 28.4 Å². The Morgan fingerprint density at radius 3 is 2.76 bits per heavy atom. The zero-order valence-electron chi connectivity index (χ0n) is 12.6. The number of hydrogen-bond donors (Lipinski definition) is 1. The number of carbonyl (C=O) groups excluding carboxylic acids is 1. The van der Waals surface area contributed by atoms with Gasteiger partial charge < -0.3 is 4.74 Å². The van der Waals surface area contributed by atoms with Gasteiger partial charge >= 0.3 is 6.09 Å². The minimum atomic E-state index is -2.58. The summed E-state index contributed by atoms with van der Waals surface area (Å²) in [6, 6.07) is 0. The third kappa shape index (κ3) is 3.51. The average Bonchev–Trinajstić information content (AvgIpc) is 2.64. The SMILES string of the molecule is CCCCOC(=O)Nc1c(C)c(C2CC(F)(F)C2)nn1C. The Morgan fingerprint density at radius 2 is 2.19 bits per heavy atom. The van der Waals surface area contributed by atoms with Gasteiger partial charge in [0.15, 0.2) is 0 Å². The Labute approximate surface area is 122 Å². The highest BCUT2D eigenvalue weighted by Gasteiger charge is 2.47. The molecule has 0 unspecified atom stereocenters. The summed E-state index contributed by atoms with van der Waals surface area (Å²) in [5.41, 5.74) is 1.36. The lowest BCUT2D eigenvalue weighted by Crippen LogP contribution is -2.34. The summed E-state index contributed by atoms with van der Waals surface area (Å²) in [6.07, 6.45) is 0.856. The third-order valence-electron chi connectivity index (χ3n) is 3.75. The first-order chi connectivity index (χ1) is 9.84. The van der Waals surface area contributed by atoms with Gasteiger partial charge in [-0.3, -0.25) is 10.00 Å². The molecule has 0 aromatic carbocycles. The van der Waals surface area contributed by atoms with E-state index in [-0.39, 0.29) is 18.8 Å². The molecular weight excluding hydrogens is 280 g/mol. The molecule has 0 spiro atoms. The first kappa shape index (κ1) is 15.7. The monoisotopic (exact) mass is 301 g/mol. The van der Waals surface area contributed by atoms with Crippen LogP contribution in [0.3, 0.4) is 0 Å². The Kier molecular flexibility index (Phi) is 4.49. The molecule has 1 heterocycles. The van der Waals surface area contributed by atoms with Crippen molar-refractivity contribution in [1.29, 1.82) is 0 Å². The summed E-state index contributed by atoms with van der Waals surface area (Å²) < 4.78 is 32.5. The minimum Gasteiger partial charge on any atom is -0.449 e. The predicted molar refractivity (Wildman–Crippen MR) is 74.7 cm³/mol. The van der Waals surface area contributed by atoms with Crippen LogP contribution in [0.15, 0.2) is 0 Å². The van der Waals surface area contributed by atoms with Gasteiger partial charge in [-0.05, 0) is 13.3 Å². The average molecular weight is 301 g/mol. The number of aryl methyl sites for hydroxylation is 1. The fourth-order valence-electron chi connectivity index (χ4n) is 2.51. The van der Waals surface area contributed by atoms with E-state index >= 15 is 0 Å². The smallest absolute Gasteiger partial charge is 0.412 e. The van der Waals surface area contributed by atoms with Crippen LogP contribution < -0.4 is 5.32 Å². The predicted octanol–water partition coefficient (Wildman–Crippen LogP) is 3.59.